The SMILES string of the molecule is CCCCCCCCCCCCCCCCCCC(=O)OCC(C)OC(=O)CCCCCCCCCCCCCCCCCC. The fourth-order valence-electron chi connectivity index (χ4n) is 6.23. The summed E-state index contributed by atoms with van der Waals surface area (Å²) >= 11 is 0. The Bertz CT molecular complexity index is 604. The summed E-state index contributed by atoms with van der Waals surface area (Å²) in [6.45, 7) is 6.54. The van der Waals surface area contributed by atoms with Crippen molar-refractivity contribution in [1.82, 2.24) is 0 Å². The molecule has 1 atom stereocenters. The summed E-state index contributed by atoms with van der Waals surface area (Å²) in [6.07, 6.45) is 43.0. The maximum Gasteiger partial charge on any atom is 0.306 e. The average molecular weight is 637 g/mol. The Morgan fingerprint density at radius 1 is 0.378 bits per heavy atom. The second-order valence-corrected chi connectivity index (χ2v) is 14.1. The van der Waals surface area contributed by atoms with E-state index in [1.54, 1.807) is 0 Å². The van der Waals surface area contributed by atoms with Gasteiger partial charge in [0.25, 0.3) is 0 Å². The van der Waals surface area contributed by atoms with Gasteiger partial charge in [0.05, 0.1) is 0 Å². The lowest BCUT2D eigenvalue weighted by Crippen LogP contribution is -2.22. The Hall–Kier alpha value is -1.06. The molecule has 0 radical (unpaired) electrons. The van der Waals surface area contributed by atoms with E-state index in [2.05, 4.69) is 13.8 Å². The molecule has 0 bridgehead atoms. The minimum atomic E-state index is -0.367. The molecule has 0 aromatic heterocycles. The molecule has 4 heteroatoms. The molecule has 0 amide bonds. The van der Waals surface area contributed by atoms with Gasteiger partial charge < -0.3 is 9.47 Å². The smallest absolute Gasteiger partial charge is 0.306 e. The molecule has 0 aliphatic carbocycles. The van der Waals surface area contributed by atoms with Crippen molar-refractivity contribution in [3.8, 4) is 0 Å². The summed E-state index contributed by atoms with van der Waals surface area (Å²) in [4.78, 5) is 24.2. The van der Waals surface area contributed by atoms with Crippen molar-refractivity contribution in [2.45, 2.75) is 245 Å². The van der Waals surface area contributed by atoms with Gasteiger partial charge in [-0.1, -0.05) is 206 Å². The number of esters is 2. The highest BCUT2D eigenvalue weighted by atomic mass is 16.6. The number of hydrogen-bond acceptors (Lipinski definition) is 4. The molecule has 1 unspecified atom stereocenters. The topological polar surface area (TPSA) is 52.6 Å². The van der Waals surface area contributed by atoms with Gasteiger partial charge >= 0.3 is 11.9 Å². The maximum atomic E-state index is 12.1. The number of carbonyl (C=O) groups is 2. The molecule has 4 nitrogen and oxygen atoms in total. The van der Waals surface area contributed by atoms with Crippen molar-refractivity contribution < 1.29 is 19.1 Å². The van der Waals surface area contributed by atoms with Gasteiger partial charge in [-0.2, -0.15) is 0 Å². The summed E-state index contributed by atoms with van der Waals surface area (Å²) < 4.78 is 10.8. The molecule has 0 aromatic rings. The van der Waals surface area contributed by atoms with Crippen molar-refractivity contribution in [3.05, 3.63) is 0 Å². The monoisotopic (exact) mass is 637 g/mol. The fraction of sp³-hybridized carbons (Fsp3) is 0.951. The van der Waals surface area contributed by atoms with E-state index < -0.39 is 0 Å². The number of ether oxygens (including phenoxy) is 2. The quantitative estimate of drug-likeness (QED) is 0.0503. The lowest BCUT2D eigenvalue weighted by Gasteiger charge is -2.13. The van der Waals surface area contributed by atoms with Crippen molar-refractivity contribution in [3.63, 3.8) is 0 Å². The molecule has 0 heterocycles. The first-order valence-electron chi connectivity index (χ1n) is 20.4. The van der Waals surface area contributed by atoms with Crippen molar-refractivity contribution in [1.29, 1.82) is 0 Å². The van der Waals surface area contributed by atoms with E-state index in [-0.39, 0.29) is 24.6 Å². The normalized spacial score (nSPS) is 12.0. The maximum absolute atomic E-state index is 12.1. The largest absolute Gasteiger partial charge is 0.462 e. The molecular weight excluding hydrogens is 556 g/mol. The Morgan fingerprint density at radius 2 is 0.622 bits per heavy atom. The van der Waals surface area contributed by atoms with E-state index in [0.717, 1.165) is 25.7 Å². The first-order chi connectivity index (χ1) is 22.1. The zero-order chi connectivity index (χ0) is 32.9. The Morgan fingerprint density at radius 3 is 0.911 bits per heavy atom. The van der Waals surface area contributed by atoms with Gasteiger partial charge in [-0.05, 0) is 19.8 Å². The first-order valence-corrected chi connectivity index (χ1v) is 20.4. The molecule has 0 aliphatic heterocycles. The zero-order valence-electron chi connectivity index (χ0n) is 31.0. The van der Waals surface area contributed by atoms with E-state index >= 15 is 0 Å². The van der Waals surface area contributed by atoms with Crippen LogP contribution in [0.15, 0.2) is 0 Å². The van der Waals surface area contributed by atoms with Gasteiger partial charge in [0.2, 0.25) is 0 Å². The van der Waals surface area contributed by atoms with Crippen LogP contribution in [0, 0.1) is 0 Å². The summed E-state index contributed by atoms with van der Waals surface area (Å²) in [5.41, 5.74) is 0. The van der Waals surface area contributed by atoms with Crippen LogP contribution in [0.4, 0.5) is 0 Å². The van der Waals surface area contributed by atoms with Gasteiger partial charge in [0.1, 0.15) is 12.7 Å². The van der Waals surface area contributed by atoms with Crippen molar-refractivity contribution in [2.75, 3.05) is 6.61 Å². The summed E-state index contributed by atoms with van der Waals surface area (Å²) in [6, 6.07) is 0. The fourth-order valence-corrected chi connectivity index (χ4v) is 6.23. The van der Waals surface area contributed by atoms with Gasteiger partial charge in [0, 0.05) is 12.8 Å². The van der Waals surface area contributed by atoms with Crippen LogP contribution in [0.3, 0.4) is 0 Å². The Balaban J connectivity index is 3.37. The highest BCUT2D eigenvalue weighted by Crippen LogP contribution is 2.16. The van der Waals surface area contributed by atoms with E-state index in [0.29, 0.717) is 12.8 Å². The third-order valence-electron chi connectivity index (χ3n) is 9.28. The second-order valence-electron chi connectivity index (χ2n) is 14.1. The van der Waals surface area contributed by atoms with E-state index in [1.165, 1.54) is 180 Å². The summed E-state index contributed by atoms with van der Waals surface area (Å²) in [5, 5.41) is 0. The molecule has 0 fully saturated rings. The molecule has 0 saturated carbocycles. The second kappa shape index (κ2) is 37.4. The van der Waals surface area contributed by atoms with Crippen LogP contribution in [-0.2, 0) is 19.1 Å². The molecule has 0 spiro atoms. The highest BCUT2D eigenvalue weighted by molar-refractivity contribution is 5.70. The van der Waals surface area contributed by atoms with Crippen LogP contribution in [0.1, 0.15) is 239 Å². The van der Waals surface area contributed by atoms with Gasteiger partial charge in [0.15, 0.2) is 0 Å². The van der Waals surface area contributed by atoms with Crippen LogP contribution in [-0.4, -0.2) is 24.6 Å². The van der Waals surface area contributed by atoms with E-state index in [4.69, 9.17) is 9.47 Å². The van der Waals surface area contributed by atoms with Crippen LogP contribution >= 0.6 is 0 Å². The first kappa shape index (κ1) is 43.9. The standard InChI is InChI=1S/C41H80O4/c1-4-6-8-10-12-14-16-18-20-22-24-26-28-30-32-34-36-40(42)44-38-39(3)45-41(43)37-35-33-31-29-27-25-23-21-19-17-15-13-11-9-7-5-2/h39H,4-38H2,1-3H3. The van der Waals surface area contributed by atoms with Crippen LogP contribution in [0.25, 0.3) is 0 Å². The van der Waals surface area contributed by atoms with Crippen LogP contribution in [0.5, 0.6) is 0 Å². The van der Waals surface area contributed by atoms with Crippen LogP contribution < -0.4 is 0 Å². The third kappa shape index (κ3) is 37.3. The predicted octanol–water partition coefficient (Wildman–Crippen LogP) is 13.8. The molecular formula is C41H80O4. The lowest BCUT2D eigenvalue weighted by atomic mass is 10.0. The minimum Gasteiger partial charge on any atom is -0.462 e. The number of unbranched alkanes of at least 4 members (excludes halogenated alkanes) is 30. The Labute approximate surface area is 282 Å². The van der Waals surface area contributed by atoms with Crippen LogP contribution in [0.2, 0.25) is 0 Å². The van der Waals surface area contributed by atoms with Crippen molar-refractivity contribution in [2.24, 2.45) is 0 Å². The molecule has 0 aliphatic rings. The molecule has 45 heavy (non-hydrogen) atoms. The highest BCUT2D eigenvalue weighted by Gasteiger charge is 2.12. The van der Waals surface area contributed by atoms with Gasteiger partial charge in [-0.15, -0.1) is 0 Å². The van der Waals surface area contributed by atoms with E-state index in [9.17, 15) is 9.59 Å². The van der Waals surface area contributed by atoms with Crippen molar-refractivity contribution >= 4 is 11.9 Å². The molecule has 0 rings (SSSR count). The molecule has 0 saturated heterocycles. The summed E-state index contributed by atoms with van der Waals surface area (Å²) in [7, 11) is 0. The molecule has 0 N–H and O–H groups in total. The zero-order valence-corrected chi connectivity index (χ0v) is 31.0. The third-order valence-corrected chi connectivity index (χ3v) is 9.28. The molecule has 0 aromatic carbocycles. The number of hydrogen-bond donors (Lipinski definition) is 0. The van der Waals surface area contributed by atoms with E-state index in [1.807, 2.05) is 6.92 Å². The Kier molecular flexibility index (Phi) is 36.5. The predicted molar refractivity (Wildman–Crippen MR) is 195 cm³/mol. The van der Waals surface area contributed by atoms with Gasteiger partial charge in [-0.25, -0.2) is 0 Å². The number of rotatable bonds is 37. The summed E-state index contributed by atoms with van der Waals surface area (Å²) in [5.74, 6) is -0.331. The molecule has 268 valence electrons. The average Bonchev–Trinajstić information content (AvgIpc) is 3.03. The lowest BCUT2D eigenvalue weighted by molar-refractivity contribution is -0.158. The minimum absolute atomic E-state index is 0.165. The van der Waals surface area contributed by atoms with Gasteiger partial charge in [-0.3, -0.25) is 9.59 Å². The number of carbonyl (C=O) groups excluding carboxylic acids is 2.